The number of benzene rings is 1. The number of morpholine rings is 1. The van der Waals surface area contributed by atoms with Gasteiger partial charge in [0.15, 0.2) is 5.96 Å². The van der Waals surface area contributed by atoms with Crippen molar-refractivity contribution in [3.8, 4) is 0 Å². The van der Waals surface area contributed by atoms with Crippen molar-refractivity contribution in [2.75, 3.05) is 51.7 Å². The van der Waals surface area contributed by atoms with Gasteiger partial charge in [-0.05, 0) is 12.0 Å². The van der Waals surface area contributed by atoms with Gasteiger partial charge in [0.1, 0.15) is 0 Å². The molecule has 2 rings (SSSR count). The highest BCUT2D eigenvalue weighted by Gasteiger charge is 2.08. The van der Waals surface area contributed by atoms with E-state index < -0.39 is 10.8 Å². The Hall–Kier alpha value is -0.710. The summed E-state index contributed by atoms with van der Waals surface area (Å²) in [6, 6.07) is 9.88. The van der Waals surface area contributed by atoms with Crippen molar-refractivity contribution >= 4 is 40.7 Å². The quantitative estimate of drug-likeness (QED) is 0.240. The molecule has 1 aromatic carbocycles. The van der Waals surface area contributed by atoms with Crippen LogP contribution in [0.1, 0.15) is 12.0 Å². The normalized spacial score (nSPS) is 16.9. The molecule has 1 aliphatic heterocycles. The third-order valence-electron chi connectivity index (χ3n) is 3.82. The summed E-state index contributed by atoms with van der Waals surface area (Å²) in [6.45, 7) is 5.98. The molecular formula is C17H29IN4O2S. The molecule has 6 nitrogen and oxygen atoms in total. The zero-order chi connectivity index (χ0) is 17.0. The first kappa shape index (κ1) is 22.3. The van der Waals surface area contributed by atoms with Crippen LogP contribution in [0.3, 0.4) is 0 Å². The molecule has 142 valence electrons. The Morgan fingerprint density at radius 3 is 2.72 bits per heavy atom. The molecule has 0 bridgehead atoms. The lowest BCUT2D eigenvalue weighted by Gasteiger charge is -2.26. The highest BCUT2D eigenvalue weighted by molar-refractivity contribution is 14.0. The van der Waals surface area contributed by atoms with Crippen molar-refractivity contribution in [2.45, 2.75) is 12.2 Å². The number of nitrogens with zero attached hydrogens (tertiary/aromatic N) is 2. The Morgan fingerprint density at radius 2 is 2.00 bits per heavy atom. The van der Waals surface area contributed by atoms with Crippen LogP contribution in [0.2, 0.25) is 0 Å². The van der Waals surface area contributed by atoms with Crippen LogP contribution in [0.4, 0.5) is 0 Å². The predicted molar refractivity (Wildman–Crippen MR) is 115 cm³/mol. The number of ether oxygens (including phenoxy) is 1. The molecule has 1 heterocycles. The van der Waals surface area contributed by atoms with Crippen molar-refractivity contribution in [2.24, 2.45) is 10.7 Å². The van der Waals surface area contributed by atoms with E-state index in [0.29, 0.717) is 30.6 Å². The highest BCUT2D eigenvalue weighted by Crippen LogP contribution is 2.02. The van der Waals surface area contributed by atoms with Gasteiger partial charge in [-0.15, -0.1) is 24.0 Å². The minimum atomic E-state index is -0.890. The molecule has 1 fully saturated rings. The summed E-state index contributed by atoms with van der Waals surface area (Å²) >= 11 is 0. The number of halogens is 1. The average molecular weight is 480 g/mol. The summed E-state index contributed by atoms with van der Waals surface area (Å²) in [5.74, 6) is 1.59. The molecule has 0 aromatic heterocycles. The summed E-state index contributed by atoms with van der Waals surface area (Å²) < 4.78 is 17.3. The van der Waals surface area contributed by atoms with Gasteiger partial charge in [-0.25, -0.2) is 0 Å². The summed E-state index contributed by atoms with van der Waals surface area (Å²) in [5.41, 5.74) is 6.94. The molecule has 25 heavy (non-hydrogen) atoms. The standard InChI is InChI=1S/C17H28N4O2S.HI/c18-17(19-7-4-9-21-10-12-23-13-11-21)20-8-14-24(22)15-16-5-2-1-3-6-16;/h1-3,5-6H,4,7-15H2,(H3,18,19,20);1H. The van der Waals surface area contributed by atoms with Crippen molar-refractivity contribution in [3.63, 3.8) is 0 Å². The topological polar surface area (TPSA) is 79.9 Å². The van der Waals surface area contributed by atoms with Crippen LogP contribution in [0.5, 0.6) is 0 Å². The third-order valence-corrected chi connectivity index (χ3v) is 5.14. The first-order valence-corrected chi connectivity index (χ1v) is 9.95. The molecule has 1 aliphatic rings. The van der Waals surface area contributed by atoms with E-state index in [1.54, 1.807) is 0 Å². The minimum Gasteiger partial charge on any atom is -0.379 e. The number of nitrogens with one attached hydrogen (secondary N) is 1. The molecular weight excluding hydrogens is 451 g/mol. The number of aliphatic imine (C=N–C) groups is 1. The molecule has 1 saturated heterocycles. The van der Waals surface area contributed by atoms with Gasteiger partial charge in [-0.2, -0.15) is 0 Å². The SMILES string of the molecule is I.NC(=NCCCN1CCOCC1)NCCS(=O)Cc1ccccc1. The van der Waals surface area contributed by atoms with E-state index in [4.69, 9.17) is 10.5 Å². The minimum absolute atomic E-state index is 0. The van der Waals surface area contributed by atoms with Gasteiger partial charge in [0.05, 0.1) is 13.2 Å². The zero-order valence-electron chi connectivity index (χ0n) is 14.6. The van der Waals surface area contributed by atoms with Crippen LogP contribution in [0.15, 0.2) is 35.3 Å². The molecule has 0 aliphatic carbocycles. The summed E-state index contributed by atoms with van der Waals surface area (Å²) in [4.78, 5) is 6.70. The summed E-state index contributed by atoms with van der Waals surface area (Å²) in [7, 11) is -0.890. The van der Waals surface area contributed by atoms with E-state index in [2.05, 4.69) is 15.2 Å². The summed E-state index contributed by atoms with van der Waals surface area (Å²) in [5, 5.41) is 3.04. The van der Waals surface area contributed by atoms with E-state index in [-0.39, 0.29) is 24.0 Å². The Labute approximate surface area is 170 Å². The number of hydrogen-bond acceptors (Lipinski definition) is 4. The second-order valence-electron chi connectivity index (χ2n) is 5.78. The van der Waals surface area contributed by atoms with Gasteiger partial charge in [0.2, 0.25) is 0 Å². The Bertz CT molecular complexity index is 525. The first-order chi connectivity index (χ1) is 11.7. The average Bonchev–Trinajstić information content (AvgIpc) is 2.60. The molecule has 3 N–H and O–H groups in total. The fraction of sp³-hybridized carbons (Fsp3) is 0.588. The third kappa shape index (κ3) is 10.1. The maximum absolute atomic E-state index is 12.0. The van der Waals surface area contributed by atoms with Crippen molar-refractivity contribution in [3.05, 3.63) is 35.9 Å². The fourth-order valence-electron chi connectivity index (χ4n) is 2.50. The molecule has 8 heteroatoms. The lowest BCUT2D eigenvalue weighted by atomic mass is 10.2. The fourth-order valence-corrected chi connectivity index (χ4v) is 3.54. The van der Waals surface area contributed by atoms with Crippen LogP contribution in [-0.2, 0) is 21.3 Å². The predicted octanol–water partition coefficient (Wildman–Crippen LogP) is 1.18. The van der Waals surface area contributed by atoms with Gasteiger partial charge in [-0.3, -0.25) is 14.1 Å². The van der Waals surface area contributed by atoms with Crippen LogP contribution in [0.25, 0.3) is 0 Å². The molecule has 1 aromatic rings. The lowest BCUT2D eigenvalue weighted by molar-refractivity contribution is 0.0377. The Balaban J connectivity index is 0.00000312. The van der Waals surface area contributed by atoms with Crippen LogP contribution in [0, 0.1) is 0 Å². The van der Waals surface area contributed by atoms with Gasteiger partial charge >= 0.3 is 0 Å². The molecule has 1 atom stereocenters. The van der Waals surface area contributed by atoms with Crippen molar-refractivity contribution in [1.82, 2.24) is 10.2 Å². The van der Waals surface area contributed by atoms with Crippen molar-refractivity contribution in [1.29, 1.82) is 0 Å². The lowest BCUT2D eigenvalue weighted by Crippen LogP contribution is -2.37. The van der Waals surface area contributed by atoms with Gasteiger partial charge in [-0.1, -0.05) is 30.3 Å². The van der Waals surface area contributed by atoms with Gasteiger partial charge in [0.25, 0.3) is 0 Å². The molecule has 0 spiro atoms. The van der Waals surface area contributed by atoms with Crippen molar-refractivity contribution < 1.29 is 8.95 Å². The molecule has 0 saturated carbocycles. The largest absolute Gasteiger partial charge is 0.379 e. The van der Waals surface area contributed by atoms with E-state index in [1.165, 1.54) is 0 Å². The monoisotopic (exact) mass is 480 g/mol. The van der Waals surface area contributed by atoms with E-state index in [1.807, 2.05) is 30.3 Å². The number of nitrogens with two attached hydrogens (primary N) is 1. The molecule has 0 amide bonds. The van der Waals surface area contributed by atoms with Gasteiger partial charge in [0, 0.05) is 55.0 Å². The second-order valence-corrected chi connectivity index (χ2v) is 7.35. The second kappa shape index (κ2) is 13.5. The zero-order valence-corrected chi connectivity index (χ0v) is 17.7. The van der Waals surface area contributed by atoms with Crippen LogP contribution >= 0.6 is 24.0 Å². The first-order valence-electron chi connectivity index (χ1n) is 8.47. The van der Waals surface area contributed by atoms with E-state index in [9.17, 15) is 4.21 Å². The van der Waals surface area contributed by atoms with Crippen LogP contribution in [-0.4, -0.2) is 66.8 Å². The maximum atomic E-state index is 12.0. The van der Waals surface area contributed by atoms with E-state index in [0.717, 1.165) is 44.8 Å². The maximum Gasteiger partial charge on any atom is 0.188 e. The Morgan fingerprint density at radius 1 is 1.28 bits per heavy atom. The number of rotatable bonds is 9. The Kier molecular flexibility index (Phi) is 12.0. The van der Waals surface area contributed by atoms with Gasteiger partial charge < -0.3 is 15.8 Å². The summed E-state index contributed by atoms with van der Waals surface area (Å²) in [6.07, 6.45) is 0.988. The number of guanidine groups is 1. The molecule has 0 radical (unpaired) electrons. The van der Waals surface area contributed by atoms with E-state index >= 15 is 0 Å². The van der Waals surface area contributed by atoms with Crippen LogP contribution < -0.4 is 11.1 Å². The smallest absolute Gasteiger partial charge is 0.188 e. The number of hydrogen-bond donors (Lipinski definition) is 2. The highest BCUT2D eigenvalue weighted by atomic mass is 127. The molecule has 1 unspecified atom stereocenters.